The van der Waals surface area contributed by atoms with Crippen LogP contribution in [0.1, 0.15) is 49.7 Å². The van der Waals surface area contributed by atoms with Crippen LogP contribution in [0, 0.1) is 0 Å². The summed E-state index contributed by atoms with van der Waals surface area (Å²) in [6, 6.07) is 5.98. The molecule has 1 atom stereocenters. The molecule has 1 saturated heterocycles. The summed E-state index contributed by atoms with van der Waals surface area (Å²) in [5, 5.41) is 6.78. The molecular formula is C22H36F3IN4O. The lowest BCUT2D eigenvalue weighted by Gasteiger charge is -2.33. The minimum atomic E-state index is -4.31. The molecule has 0 aliphatic carbocycles. The van der Waals surface area contributed by atoms with E-state index in [1.165, 1.54) is 12.1 Å². The Bertz CT molecular complexity index is 664. The van der Waals surface area contributed by atoms with E-state index in [2.05, 4.69) is 20.5 Å². The van der Waals surface area contributed by atoms with Crippen LogP contribution >= 0.6 is 24.0 Å². The van der Waals surface area contributed by atoms with E-state index in [0.29, 0.717) is 18.2 Å². The standard InChI is InChI=1S/C22H35F3N4O.HI/c1-17(18-6-4-7-19(16-18)22(23,24)25)8-11-27-21(26-2)28-20-9-13-29(14-10-20)12-5-15-30-3;/h4,6-7,16-17,20H,5,8-15H2,1-3H3,(H2,26,27,28);1H. The Morgan fingerprint density at radius 2 is 2.00 bits per heavy atom. The molecule has 0 amide bonds. The maximum Gasteiger partial charge on any atom is 0.416 e. The van der Waals surface area contributed by atoms with E-state index >= 15 is 0 Å². The van der Waals surface area contributed by atoms with E-state index in [1.807, 2.05) is 6.92 Å². The molecule has 5 nitrogen and oxygen atoms in total. The number of likely N-dealkylation sites (tertiary alicyclic amines) is 1. The summed E-state index contributed by atoms with van der Waals surface area (Å²) in [6.45, 7) is 6.59. The number of guanidine groups is 1. The molecule has 2 rings (SSSR count). The highest BCUT2D eigenvalue weighted by molar-refractivity contribution is 14.0. The zero-order chi connectivity index (χ0) is 22.0. The van der Waals surface area contributed by atoms with Gasteiger partial charge in [0.25, 0.3) is 0 Å². The van der Waals surface area contributed by atoms with Crippen molar-refractivity contribution in [2.75, 3.05) is 46.9 Å². The zero-order valence-electron chi connectivity index (χ0n) is 18.7. The van der Waals surface area contributed by atoms with E-state index < -0.39 is 11.7 Å². The smallest absolute Gasteiger partial charge is 0.385 e. The van der Waals surface area contributed by atoms with Crippen LogP contribution in [0.4, 0.5) is 13.2 Å². The maximum absolute atomic E-state index is 12.9. The molecule has 1 aliphatic heterocycles. The van der Waals surface area contributed by atoms with Gasteiger partial charge in [-0.3, -0.25) is 4.99 Å². The van der Waals surface area contributed by atoms with Crippen molar-refractivity contribution in [1.82, 2.24) is 15.5 Å². The van der Waals surface area contributed by atoms with Crippen molar-refractivity contribution < 1.29 is 17.9 Å². The first-order valence-electron chi connectivity index (χ1n) is 10.7. The number of aliphatic imine (C=N–C) groups is 1. The molecule has 1 heterocycles. The van der Waals surface area contributed by atoms with Crippen LogP contribution < -0.4 is 10.6 Å². The van der Waals surface area contributed by atoms with Crippen LogP contribution in [-0.4, -0.2) is 63.8 Å². The van der Waals surface area contributed by atoms with Gasteiger partial charge < -0.3 is 20.3 Å². The Balaban J connectivity index is 0.00000480. The third kappa shape index (κ3) is 9.95. The van der Waals surface area contributed by atoms with E-state index in [-0.39, 0.29) is 29.9 Å². The van der Waals surface area contributed by atoms with Crippen LogP contribution in [0.3, 0.4) is 0 Å². The summed E-state index contributed by atoms with van der Waals surface area (Å²) < 4.78 is 43.9. The average Bonchev–Trinajstić information content (AvgIpc) is 2.73. The van der Waals surface area contributed by atoms with Gasteiger partial charge in [-0.2, -0.15) is 13.2 Å². The molecular weight excluding hydrogens is 520 g/mol. The molecule has 31 heavy (non-hydrogen) atoms. The lowest BCUT2D eigenvalue weighted by atomic mass is 9.96. The molecule has 0 aromatic heterocycles. The first-order chi connectivity index (χ1) is 14.3. The van der Waals surface area contributed by atoms with Crippen molar-refractivity contribution in [2.24, 2.45) is 4.99 Å². The van der Waals surface area contributed by atoms with Gasteiger partial charge in [0.15, 0.2) is 5.96 Å². The second-order valence-electron chi connectivity index (χ2n) is 7.92. The van der Waals surface area contributed by atoms with Crippen LogP contribution in [-0.2, 0) is 10.9 Å². The van der Waals surface area contributed by atoms with Crippen LogP contribution in [0.25, 0.3) is 0 Å². The van der Waals surface area contributed by atoms with Gasteiger partial charge in [-0.15, -0.1) is 24.0 Å². The minimum Gasteiger partial charge on any atom is -0.385 e. The lowest BCUT2D eigenvalue weighted by molar-refractivity contribution is -0.137. The fraction of sp³-hybridized carbons (Fsp3) is 0.682. The van der Waals surface area contributed by atoms with E-state index in [0.717, 1.165) is 64.0 Å². The molecule has 1 unspecified atom stereocenters. The predicted molar refractivity (Wildman–Crippen MR) is 130 cm³/mol. The van der Waals surface area contributed by atoms with Crippen LogP contribution in [0.5, 0.6) is 0 Å². The lowest BCUT2D eigenvalue weighted by Crippen LogP contribution is -2.49. The van der Waals surface area contributed by atoms with Crippen LogP contribution in [0.2, 0.25) is 0 Å². The second-order valence-corrected chi connectivity index (χ2v) is 7.92. The van der Waals surface area contributed by atoms with Gasteiger partial charge >= 0.3 is 6.18 Å². The highest BCUT2D eigenvalue weighted by Crippen LogP contribution is 2.31. The van der Waals surface area contributed by atoms with E-state index in [9.17, 15) is 13.2 Å². The fourth-order valence-corrected chi connectivity index (χ4v) is 3.72. The van der Waals surface area contributed by atoms with Crippen molar-refractivity contribution >= 4 is 29.9 Å². The number of nitrogens with one attached hydrogen (secondary N) is 2. The van der Waals surface area contributed by atoms with E-state index in [4.69, 9.17) is 4.74 Å². The molecule has 2 N–H and O–H groups in total. The number of hydrogen-bond donors (Lipinski definition) is 2. The Morgan fingerprint density at radius 1 is 1.29 bits per heavy atom. The largest absolute Gasteiger partial charge is 0.416 e. The molecule has 1 fully saturated rings. The number of rotatable bonds is 9. The molecule has 0 saturated carbocycles. The quantitative estimate of drug-likeness (QED) is 0.204. The van der Waals surface area contributed by atoms with Gasteiger partial charge in [-0.1, -0.05) is 25.1 Å². The highest BCUT2D eigenvalue weighted by atomic mass is 127. The normalized spacial score (nSPS) is 17.2. The topological polar surface area (TPSA) is 48.9 Å². The van der Waals surface area contributed by atoms with Crippen molar-refractivity contribution in [3.63, 3.8) is 0 Å². The number of halogens is 4. The number of benzene rings is 1. The SMILES string of the molecule is CN=C(NCCC(C)c1cccc(C(F)(F)F)c1)NC1CCN(CCCOC)CC1.I. The number of methoxy groups -OCH3 is 1. The summed E-state index contributed by atoms with van der Waals surface area (Å²) in [4.78, 5) is 6.76. The molecule has 0 bridgehead atoms. The first-order valence-corrected chi connectivity index (χ1v) is 10.7. The fourth-order valence-electron chi connectivity index (χ4n) is 3.72. The van der Waals surface area contributed by atoms with Gasteiger partial charge in [0, 0.05) is 53.0 Å². The Labute approximate surface area is 201 Å². The monoisotopic (exact) mass is 556 g/mol. The van der Waals surface area contributed by atoms with E-state index in [1.54, 1.807) is 20.2 Å². The Hall–Kier alpha value is -1.07. The van der Waals surface area contributed by atoms with Gasteiger partial charge in [-0.05, 0) is 43.2 Å². The first kappa shape index (κ1) is 28.0. The second kappa shape index (κ2) is 14.2. The zero-order valence-corrected chi connectivity index (χ0v) is 21.0. The molecule has 1 aromatic rings. The van der Waals surface area contributed by atoms with Crippen LogP contribution in [0.15, 0.2) is 29.3 Å². The molecule has 9 heteroatoms. The summed E-state index contributed by atoms with van der Waals surface area (Å²) in [5.41, 5.74) is 0.112. The van der Waals surface area contributed by atoms with Gasteiger partial charge in [-0.25, -0.2) is 0 Å². The van der Waals surface area contributed by atoms with Crippen molar-refractivity contribution in [1.29, 1.82) is 0 Å². The van der Waals surface area contributed by atoms with Crippen molar-refractivity contribution in [3.05, 3.63) is 35.4 Å². The number of ether oxygens (including phenoxy) is 1. The number of piperidine rings is 1. The van der Waals surface area contributed by atoms with Gasteiger partial charge in [0.05, 0.1) is 5.56 Å². The molecule has 0 radical (unpaired) electrons. The van der Waals surface area contributed by atoms with Crippen molar-refractivity contribution in [3.8, 4) is 0 Å². The van der Waals surface area contributed by atoms with Gasteiger partial charge in [0.1, 0.15) is 0 Å². The average molecular weight is 556 g/mol. The molecule has 1 aliphatic rings. The number of hydrogen-bond acceptors (Lipinski definition) is 3. The summed E-state index contributed by atoms with van der Waals surface area (Å²) in [7, 11) is 3.47. The molecule has 0 spiro atoms. The third-order valence-corrected chi connectivity index (χ3v) is 5.63. The summed E-state index contributed by atoms with van der Waals surface area (Å²) in [5.74, 6) is 0.775. The minimum absolute atomic E-state index is 0. The van der Waals surface area contributed by atoms with Crippen molar-refractivity contribution in [2.45, 2.75) is 50.7 Å². The number of nitrogens with zero attached hydrogens (tertiary/aromatic N) is 2. The molecule has 1 aromatic carbocycles. The number of alkyl halides is 3. The highest BCUT2D eigenvalue weighted by Gasteiger charge is 2.30. The Kier molecular flexibility index (Phi) is 12.8. The summed E-state index contributed by atoms with van der Waals surface area (Å²) >= 11 is 0. The summed E-state index contributed by atoms with van der Waals surface area (Å²) in [6.07, 6.45) is -0.399. The predicted octanol–water partition coefficient (Wildman–Crippen LogP) is 4.48. The third-order valence-electron chi connectivity index (χ3n) is 5.63. The molecule has 178 valence electrons. The maximum atomic E-state index is 12.9. The van der Waals surface area contributed by atoms with Gasteiger partial charge in [0.2, 0.25) is 0 Å². The Morgan fingerprint density at radius 3 is 2.61 bits per heavy atom.